The molecule has 0 aliphatic heterocycles. The average molecular weight is 459 g/mol. The normalized spacial score (nSPS) is 11.1. The molecule has 2 rings (SSSR count). The van der Waals surface area contributed by atoms with Crippen LogP contribution in [0.2, 0.25) is 0 Å². The summed E-state index contributed by atoms with van der Waals surface area (Å²) >= 11 is 0. The molecule has 0 bridgehead atoms. The Labute approximate surface area is 206 Å². The van der Waals surface area contributed by atoms with Gasteiger partial charge in [-0.1, -0.05) is 65.2 Å². The first-order valence-electron chi connectivity index (χ1n) is 11.6. The predicted octanol–water partition coefficient (Wildman–Crippen LogP) is 9.02. The largest absolute Gasteiger partial charge is 0.457 e. The number of ether oxygens (including phenoxy) is 2. The minimum absolute atomic E-state index is 0.0706. The van der Waals surface area contributed by atoms with Crippen molar-refractivity contribution >= 4 is 5.78 Å². The molecule has 0 saturated carbocycles. The van der Waals surface area contributed by atoms with Crippen molar-refractivity contribution in [1.82, 2.24) is 0 Å². The molecule has 0 radical (unpaired) electrons. The van der Waals surface area contributed by atoms with Crippen molar-refractivity contribution in [3.63, 3.8) is 0 Å². The molecule has 0 N–H and O–H groups in total. The molecule has 0 saturated heterocycles. The summed E-state index contributed by atoms with van der Waals surface area (Å²) in [5, 5.41) is 0. The zero-order chi connectivity index (χ0) is 25.8. The van der Waals surface area contributed by atoms with Gasteiger partial charge in [-0.15, -0.1) is 0 Å². The van der Waals surface area contributed by atoms with E-state index >= 15 is 0 Å². The van der Waals surface area contributed by atoms with Crippen LogP contribution in [0, 0.1) is 0 Å². The van der Waals surface area contributed by atoms with Gasteiger partial charge >= 0.3 is 0 Å². The Kier molecular flexibility index (Phi) is 16.6. The van der Waals surface area contributed by atoms with Crippen molar-refractivity contribution < 1.29 is 14.3 Å². The van der Waals surface area contributed by atoms with E-state index in [4.69, 9.17) is 9.47 Å². The summed E-state index contributed by atoms with van der Waals surface area (Å²) in [4.78, 5) is 12.8. The first-order chi connectivity index (χ1) is 16.6. The quantitative estimate of drug-likeness (QED) is 0.202. The van der Waals surface area contributed by atoms with E-state index in [0.717, 1.165) is 0 Å². The zero-order valence-electron chi connectivity index (χ0n) is 21.4. The molecule has 0 heterocycles. The summed E-state index contributed by atoms with van der Waals surface area (Å²) < 4.78 is 11.6. The minimum atomic E-state index is -0.0706. The predicted molar refractivity (Wildman–Crippen MR) is 146 cm³/mol. The third kappa shape index (κ3) is 10.6. The smallest absolute Gasteiger partial charge is 0.193 e. The van der Waals surface area contributed by atoms with Gasteiger partial charge in [0.15, 0.2) is 5.78 Å². The van der Waals surface area contributed by atoms with Gasteiger partial charge in [-0.3, -0.25) is 4.79 Å². The van der Waals surface area contributed by atoms with Crippen LogP contribution in [-0.4, -0.2) is 5.78 Å². The van der Waals surface area contributed by atoms with E-state index in [1.807, 2.05) is 65.8 Å². The highest BCUT2D eigenvalue weighted by molar-refractivity contribution is 6.09. The second kappa shape index (κ2) is 18.7. The van der Waals surface area contributed by atoms with Gasteiger partial charge in [0.05, 0.1) is 0 Å². The van der Waals surface area contributed by atoms with Crippen molar-refractivity contribution in [2.75, 3.05) is 0 Å². The van der Waals surface area contributed by atoms with E-state index < -0.39 is 0 Å². The third-order valence-electron chi connectivity index (χ3n) is 3.93. The Balaban J connectivity index is 0.00000258. The molecule has 0 aliphatic rings. The number of rotatable bonds is 10. The maximum absolute atomic E-state index is 12.8. The van der Waals surface area contributed by atoms with Crippen LogP contribution in [0.1, 0.15) is 57.5 Å². The van der Waals surface area contributed by atoms with Crippen LogP contribution >= 0.6 is 0 Å². The molecule has 0 amide bonds. The molecule has 0 aliphatic carbocycles. The Morgan fingerprint density at radius 2 is 0.971 bits per heavy atom. The SMILES string of the molecule is C=C/C=C(\C=C/C)Oc1ccc(C(=O)c2ccc(OC(/C=C\C)=C/C=C)cc2)cc1.CC.CC. The fraction of sp³-hybridized carbons (Fsp3) is 0.194. The molecule has 2 aromatic rings. The summed E-state index contributed by atoms with van der Waals surface area (Å²) in [6.07, 6.45) is 14.3. The maximum Gasteiger partial charge on any atom is 0.193 e. The monoisotopic (exact) mass is 458 g/mol. The minimum Gasteiger partial charge on any atom is -0.457 e. The number of hydrogen-bond acceptors (Lipinski definition) is 3. The number of carbonyl (C=O) groups is 1. The van der Waals surface area contributed by atoms with Crippen LogP contribution in [-0.2, 0) is 0 Å². The van der Waals surface area contributed by atoms with E-state index in [-0.39, 0.29) is 5.78 Å². The lowest BCUT2D eigenvalue weighted by atomic mass is 10.0. The molecule has 0 atom stereocenters. The van der Waals surface area contributed by atoms with Crippen molar-refractivity contribution in [1.29, 1.82) is 0 Å². The van der Waals surface area contributed by atoms with E-state index in [1.165, 1.54) is 0 Å². The fourth-order valence-electron chi connectivity index (χ4n) is 2.60. The van der Waals surface area contributed by atoms with Gasteiger partial charge in [-0.2, -0.15) is 0 Å². The Hall–Kier alpha value is -3.85. The molecular formula is C31H38O3. The van der Waals surface area contributed by atoms with E-state index in [2.05, 4.69) is 13.2 Å². The molecule has 0 fully saturated rings. The molecular weight excluding hydrogens is 420 g/mol. The topological polar surface area (TPSA) is 35.5 Å². The number of allylic oxidation sites excluding steroid dienone is 8. The lowest BCUT2D eigenvalue weighted by Crippen LogP contribution is -2.01. The molecule has 0 unspecified atom stereocenters. The summed E-state index contributed by atoms with van der Waals surface area (Å²) in [6.45, 7) is 19.2. The highest BCUT2D eigenvalue weighted by atomic mass is 16.5. The summed E-state index contributed by atoms with van der Waals surface area (Å²) in [5.74, 6) is 2.56. The second-order valence-corrected chi connectivity index (χ2v) is 6.19. The van der Waals surface area contributed by atoms with Crippen molar-refractivity contribution in [3.8, 4) is 11.5 Å². The number of benzene rings is 2. The molecule has 180 valence electrons. The van der Waals surface area contributed by atoms with E-state index in [1.54, 1.807) is 72.8 Å². The average Bonchev–Trinajstić information content (AvgIpc) is 2.88. The van der Waals surface area contributed by atoms with Crippen molar-refractivity contribution in [3.05, 3.63) is 133 Å². The molecule has 3 nitrogen and oxygen atoms in total. The van der Waals surface area contributed by atoms with Gasteiger partial charge in [0, 0.05) is 11.1 Å². The summed E-state index contributed by atoms with van der Waals surface area (Å²) in [5.41, 5.74) is 1.16. The van der Waals surface area contributed by atoms with Crippen LogP contribution in [0.15, 0.2) is 122 Å². The molecule has 2 aromatic carbocycles. The Bertz CT molecular complexity index is 904. The summed E-state index contributed by atoms with van der Waals surface area (Å²) in [6, 6.07) is 14.1. The number of carbonyl (C=O) groups excluding carboxylic acids is 1. The van der Waals surface area contributed by atoms with Crippen LogP contribution in [0.3, 0.4) is 0 Å². The molecule has 3 heteroatoms. The molecule has 0 spiro atoms. The van der Waals surface area contributed by atoms with Gasteiger partial charge in [0.25, 0.3) is 0 Å². The second-order valence-electron chi connectivity index (χ2n) is 6.19. The maximum atomic E-state index is 12.8. The zero-order valence-corrected chi connectivity index (χ0v) is 21.4. The highest BCUT2D eigenvalue weighted by Gasteiger charge is 2.10. The van der Waals surface area contributed by atoms with Crippen LogP contribution in [0.5, 0.6) is 11.5 Å². The lowest BCUT2D eigenvalue weighted by Gasteiger charge is -2.08. The number of ketones is 1. The molecule has 0 aromatic heterocycles. The Morgan fingerprint density at radius 1 is 0.647 bits per heavy atom. The standard InChI is InChI=1S/C27H26O3.2C2H6/c1-5-9-23(10-6-2)29-25-17-13-21(14-18-25)27(28)22-15-19-26(20-16-22)30-24(11-7-3)12-8-4;2*1-2/h5-20H,1,3H2,2,4H3;2*1-2H3/b10-6-,12-8-,23-9+,24-11+;;. The van der Waals surface area contributed by atoms with Crippen molar-refractivity contribution in [2.24, 2.45) is 0 Å². The van der Waals surface area contributed by atoms with Gasteiger partial charge in [-0.05, 0) is 86.7 Å². The van der Waals surface area contributed by atoms with Crippen LogP contribution in [0.4, 0.5) is 0 Å². The number of hydrogen-bond donors (Lipinski definition) is 0. The first kappa shape index (κ1) is 30.2. The summed E-state index contributed by atoms with van der Waals surface area (Å²) in [7, 11) is 0. The van der Waals surface area contributed by atoms with E-state index in [9.17, 15) is 4.79 Å². The van der Waals surface area contributed by atoms with Gasteiger partial charge in [0.1, 0.15) is 23.0 Å². The van der Waals surface area contributed by atoms with Gasteiger partial charge < -0.3 is 9.47 Å². The van der Waals surface area contributed by atoms with Crippen LogP contribution in [0.25, 0.3) is 0 Å². The van der Waals surface area contributed by atoms with Crippen LogP contribution < -0.4 is 9.47 Å². The molecule has 34 heavy (non-hydrogen) atoms. The first-order valence-corrected chi connectivity index (χ1v) is 11.6. The fourth-order valence-corrected chi connectivity index (χ4v) is 2.60. The third-order valence-corrected chi connectivity index (χ3v) is 3.93. The lowest BCUT2D eigenvalue weighted by molar-refractivity contribution is 0.103. The van der Waals surface area contributed by atoms with Crippen molar-refractivity contribution in [2.45, 2.75) is 41.5 Å². The van der Waals surface area contributed by atoms with Gasteiger partial charge in [0.2, 0.25) is 0 Å². The van der Waals surface area contributed by atoms with E-state index in [0.29, 0.717) is 34.1 Å². The highest BCUT2D eigenvalue weighted by Crippen LogP contribution is 2.21. The van der Waals surface area contributed by atoms with Gasteiger partial charge in [-0.25, -0.2) is 0 Å². The Morgan fingerprint density at radius 3 is 1.24 bits per heavy atom.